The third-order valence-corrected chi connectivity index (χ3v) is 4.23. The molecule has 0 saturated carbocycles. The van der Waals surface area contributed by atoms with Crippen LogP contribution in [0.3, 0.4) is 0 Å². The summed E-state index contributed by atoms with van der Waals surface area (Å²) in [6.07, 6.45) is 12.1. The fourth-order valence-electron chi connectivity index (χ4n) is 2.06. The molecule has 0 aliphatic heterocycles. The number of hydrogen-bond acceptors (Lipinski definition) is 3. The molecule has 0 unspecified atom stereocenters. The van der Waals surface area contributed by atoms with Gasteiger partial charge in [-0.15, -0.1) is 17.9 Å². The zero-order chi connectivity index (χ0) is 14.6. The summed E-state index contributed by atoms with van der Waals surface area (Å²) in [5, 5.41) is 13.1. The maximum Gasteiger partial charge on any atom is 0.345 e. The van der Waals surface area contributed by atoms with Crippen molar-refractivity contribution in [3.8, 4) is 0 Å². The van der Waals surface area contributed by atoms with Crippen molar-refractivity contribution in [3.05, 3.63) is 29.7 Å². The third-order valence-electron chi connectivity index (χ3n) is 3.20. The minimum atomic E-state index is -0.848. The van der Waals surface area contributed by atoms with Crippen molar-refractivity contribution in [2.45, 2.75) is 51.4 Å². The van der Waals surface area contributed by atoms with E-state index < -0.39 is 5.97 Å². The van der Waals surface area contributed by atoms with Crippen LogP contribution >= 0.6 is 11.3 Å². The maximum absolute atomic E-state index is 10.7. The molecule has 0 aliphatic carbocycles. The maximum atomic E-state index is 10.7. The van der Waals surface area contributed by atoms with Crippen LogP contribution in [-0.4, -0.2) is 17.6 Å². The molecule has 2 N–H and O–H groups in total. The van der Waals surface area contributed by atoms with Gasteiger partial charge in [0.05, 0.1) is 5.00 Å². The van der Waals surface area contributed by atoms with E-state index in [2.05, 4.69) is 11.9 Å². The van der Waals surface area contributed by atoms with E-state index >= 15 is 0 Å². The van der Waals surface area contributed by atoms with Crippen molar-refractivity contribution in [1.82, 2.24) is 0 Å². The predicted molar refractivity (Wildman–Crippen MR) is 86.9 cm³/mol. The highest BCUT2D eigenvalue weighted by atomic mass is 32.1. The SMILES string of the molecule is C=CCCCCCCCCCNc1ccc(C(=O)O)s1. The highest BCUT2D eigenvalue weighted by molar-refractivity contribution is 7.17. The van der Waals surface area contributed by atoms with Gasteiger partial charge >= 0.3 is 5.97 Å². The number of aromatic carboxylic acids is 1. The summed E-state index contributed by atoms with van der Waals surface area (Å²) in [5.74, 6) is -0.848. The molecule has 0 aliphatic rings. The normalized spacial score (nSPS) is 10.4. The van der Waals surface area contributed by atoms with Crippen LogP contribution in [0.4, 0.5) is 5.00 Å². The van der Waals surface area contributed by atoms with Crippen LogP contribution in [0.2, 0.25) is 0 Å². The number of carbonyl (C=O) groups is 1. The van der Waals surface area contributed by atoms with E-state index in [9.17, 15) is 4.79 Å². The Hall–Kier alpha value is -1.29. The summed E-state index contributed by atoms with van der Waals surface area (Å²) >= 11 is 1.30. The Morgan fingerprint density at radius 1 is 1.15 bits per heavy atom. The fourth-order valence-corrected chi connectivity index (χ4v) is 2.83. The molecule has 0 saturated heterocycles. The first kappa shape index (κ1) is 16.8. The summed E-state index contributed by atoms with van der Waals surface area (Å²) in [4.78, 5) is 11.1. The average Bonchev–Trinajstić information content (AvgIpc) is 2.90. The lowest BCUT2D eigenvalue weighted by Gasteiger charge is -2.03. The summed E-state index contributed by atoms with van der Waals surface area (Å²) in [7, 11) is 0. The van der Waals surface area contributed by atoms with Crippen LogP contribution in [0.15, 0.2) is 24.8 Å². The zero-order valence-corrected chi connectivity index (χ0v) is 12.9. The molecule has 1 aromatic rings. The molecule has 1 heterocycles. The van der Waals surface area contributed by atoms with Crippen molar-refractivity contribution >= 4 is 22.3 Å². The first-order valence-corrected chi connectivity index (χ1v) is 8.23. The van der Waals surface area contributed by atoms with Gasteiger partial charge in [0, 0.05) is 6.54 Å². The molecule has 0 radical (unpaired) electrons. The number of thiophene rings is 1. The van der Waals surface area contributed by atoms with Gasteiger partial charge in [0.25, 0.3) is 0 Å². The lowest BCUT2D eigenvalue weighted by Crippen LogP contribution is -1.99. The molecule has 0 bridgehead atoms. The number of unbranched alkanes of at least 4 members (excludes halogenated alkanes) is 7. The standard InChI is InChI=1S/C16H25NO2S/c1-2-3-4-5-6-7-8-9-10-13-17-15-12-11-14(20-15)16(18)19/h2,11-12,17H,1,3-10,13H2,(H,18,19). The molecule has 112 valence electrons. The molecule has 20 heavy (non-hydrogen) atoms. The van der Waals surface area contributed by atoms with Crippen molar-refractivity contribution in [1.29, 1.82) is 0 Å². The van der Waals surface area contributed by atoms with Gasteiger partial charge in [0.1, 0.15) is 4.88 Å². The minimum Gasteiger partial charge on any atom is -0.477 e. The van der Waals surface area contributed by atoms with Crippen LogP contribution in [0.1, 0.15) is 61.0 Å². The highest BCUT2D eigenvalue weighted by Gasteiger charge is 2.05. The van der Waals surface area contributed by atoms with Crippen LogP contribution in [-0.2, 0) is 0 Å². The molecule has 0 amide bonds. The van der Waals surface area contributed by atoms with Crippen LogP contribution in [0.25, 0.3) is 0 Å². The van der Waals surface area contributed by atoms with E-state index in [1.165, 1.54) is 49.9 Å². The van der Waals surface area contributed by atoms with Gasteiger partial charge in [-0.3, -0.25) is 0 Å². The van der Waals surface area contributed by atoms with Crippen LogP contribution in [0, 0.1) is 0 Å². The van der Waals surface area contributed by atoms with E-state index in [1.54, 1.807) is 6.07 Å². The van der Waals surface area contributed by atoms with Crippen LogP contribution < -0.4 is 5.32 Å². The highest BCUT2D eigenvalue weighted by Crippen LogP contribution is 2.21. The first-order valence-electron chi connectivity index (χ1n) is 7.42. The molecule has 3 nitrogen and oxygen atoms in total. The van der Waals surface area contributed by atoms with Crippen molar-refractivity contribution in [2.24, 2.45) is 0 Å². The van der Waals surface area contributed by atoms with Crippen LogP contribution in [0.5, 0.6) is 0 Å². The smallest absolute Gasteiger partial charge is 0.345 e. The number of nitrogens with one attached hydrogen (secondary N) is 1. The zero-order valence-electron chi connectivity index (χ0n) is 12.1. The Bertz CT molecular complexity index is 401. The van der Waals surface area contributed by atoms with Gasteiger partial charge in [0.15, 0.2) is 0 Å². The molecule has 0 fully saturated rings. The van der Waals surface area contributed by atoms with Gasteiger partial charge in [0.2, 0.25) is 0 Å². The largest absolute Gasteiger partial charge is 0.477 e. The van der Waals surface area contributed by atoms with Crippen molar-refractivity contribution in [2.75, 3.05) is 11.9 Å². The van der Waals surface area contributed by atoms with Crippen molar-refractivity contribution < 1.29 is 9.90 Å². The van der Waals surface area contributed by atoms with E-state index in [-0.39, 0.29) is 0 Å². The summed E-state index contributed by atoms with van der Waals surface area (Å²) in [5.41, 5.74) is 0. The molecule has 0 aromatic carbocycles. The molecule has 1 aromatic heterocycles. The van der Waals surface area contributed by atoms with Gasteiger partial charge in [-0.25, -0.2) is 4.79 Å². The van der Waals surface area contributed by atoms with E-state index in [0.717, 1.165) is 24.4 Å². The van der Waals surface area contributed by atoms with Gasteiger partial charge in [-0.2, -0.15) is 0 Å². The molecule has 1 rings (SSSR count). The number of carboxylic acid groups (broad SMARTS) is 1. The number of anilines is 1. The minimum absolute atomic E-state index is 0.395. The predicted octanol–water partition coefficient (Wildman–Crippen LogP) is 5.17. The molecular formula is C16H25NO2S. The monoisotopic (exact) mass is 295 g/mol. The van der Waals surface area contributed by atoms with Gasteiger partial charge in [-0.1, -0.05) is 38.2 Å². The molecule has 4 heteroatoms. The van der Waals surface area contributed by atoms with Gasteiger partial charge in [-0.05, 0) is 31.4 Å². The average molecular weight is 295 g/mol. The quantitative estimate of drug-likeness (QED) is 0.413. The number of hydrogen-bond donors (Lipinski definition) is 2. The first-order chi connectivity index (χ1) is 9.74. The Kier molecular flexibility index (Phi) is 8.79. The summed E-state index contributed by atoms with van der Waals surface area (Å²) in [6.45, 7) is 4.65. The second-order valence-electron chi connectivity index (χ2n) is 4.95. The second kappa shape index (κ2) is 10.5. The molecule has 0 spiro atoms. The Morgan fingerprint density at radius 2 is 1.80 bits per heavy atom. The van der Waals surface area contributed by atoms with Gasteiger partial charge < -0.3 is 10.4 Å². The summed E-state index contributed by atoms with van der Waals surface area (Å²) < 4.78 is 0. The topological polar surface area (TPSA) is 49.3 Å². The second-order valence-corrected chi connectivity index (χ2v) is 6.03. The lowest BCUT2D eigenvalue weighted by atomic mass is 10.1. The Labute approximate surface area is 125 Å². The van der Waals surface area contributed by atoms with E-state index in [1.807, 2.05) is 12.1 Å². The fraction of sp³-hybridized carbons (Fsp3) is 0.562. The number of allylic oxidation sites excluding steroid dienone is 1. The molecule has 0 atom stereocenters. The van der Waals surface area contributed by atoms with E-state index in [4.69, 9.17) is 5.11 Å². The number of carboxylic acids is 1. The van der Waals surface area contributed by atoms with E-state index in [0.29, 0.717) is 4.88 Å². The Balaban J connectivity index is 1.94. The lowest BCUT2D eigenvalue weighted by molar-refractivity contribution is 0.0702. The Morgan fingerprint density at radius 3 is 2.40 bits per heavy atom. The molecular weight excluding hydrogens is 270 g/mol. The summed E-state index contributed by atoms with van der Waals surface area (Å²) in [6, 6.07) is 3.49. The third kappa shape index (κ3) is 7.34. The van der Waals surface area contributed by atoms with Crippen molar-refractivity contribution in [3.63, 3.8) is 0 Å². The number of rotatable bonds is 12.